The number of nitrogens with zero attached hydrogens (tertiary/aromatic N) is 1. The molecule has 0 spiro atoms. The van der Waals surface area contributed by atoms with Crippen molar-refractivity contribution < 1.29 is 0 Å². The lowest BCUT2D eigenvalue weighted by Gasteiger charge is -2.17. The molecular formula is C23H21N. The van der Waals surface area contributed by atoms with E-state index in [0.717, 1.165) is 32.5 Å². The summed E-state index contributed by atoms with van der Waals surface area (Å²) in [6, 6.07) is 21.9. The molecule has 0 atom stereocenters. The van der Waals surface area contributed by atoms with Gasteiger partial charge in [-0.15, -0.1) is 6.42 Å². The van der Waals surface area contributed by atoms with Crippen LogP contribution in [0.2, 0.25) is 0 Å². The largest absolute Gasteiger partial charge is 0.292 e. The summed E-state index contributed by atoms with van der Waals surface area (Å²) in [5.41, 5.74) is 5.70. The Morgan fingerprint density at radius 3 is 2.50 bits per heavy atom. The summed E-state index contributed by atoms with van der Waals surface area (Å²) in [4.78, 5) is 2.39. The van der Waals surface area contributed by atoms with Gasteiger partial charge in [0, 0.05) is 13.1 Å². The summed E-state index contributed by atoms with van der Waals surface area (Å²) in [7, 11) is 0. The minimum Gasteiger partial charge on any atom is -0.292 e. The van der Waals surface area contributed by atoms with Crippen LogP contribution in [0.5, 0.6) is 0 Å². The zero-order valence-corrected chi connectivity index (χ0v) is 13.8. The molecule has 1 heterocycles. The molecule has 118 valence electrons. The second-order valence-electron chi connectivity index (χ2n) is 6.46. The lowest BCUT2D eigenvalue weighted by atomic mass is 9.88. The number of rotatable bonds is 2. The molecule has 1 aliphatic heterocycles. The van der Waals surface area contributed by atoms with Crippen molar-refractivity contribution in [2.24, 2.45) is 0 Å². The Kier molecular flexibility index (Phi) is 4.07. The van der Waals surface area contributed by atoms with Crippen molar-refractivity contribution in [1.82, 2.24) is 4.90 Å². The second kappa shape index (κ2) is 6.51. The third-order valence-corrected chi connectivity index (χ3v) is 5.00. The van der Waals surface area contributed by atoms with Gasteiger partial charge in [0.25, 0.3) is 0 Å². The fourth-order valence-corrected chi connectivity index (χ4v) is 3.84. The van der Waals surface area contributed by atoms with Crippen LogP contribution in [-0.4, -0.2) is 24.5 Å². The van der Waals surface area contributed by atoms with Crippen LogP contribution in [0.3, 0.4) is 0 Å². The van der Waals surface area contributed by atoms with E-state index in [4.69, 9.17) is 6.42 Å². The summed E-state index contributed by atoms with van der Waals surface area (Å²) < 4.78 is 0. The highest BCUT2D eigenvalue weighted by Crippen LogP contribution is 2.36. The van der Waals surface area contributed by atoms with E-state index in [-0.39, 0.29) is 0 Å². The standard InChI is InChI=1S/C23H21N/c1-2-14-24-15-12-20-17-19-10-6-7-11-21(19)23(22(20)13-16-24)18-8-4-3-5-9-18/h1,3-11,17H,12-16H2. The summed E-state index contributed by atoms with van der Waals surface area (Å²) in [6.45, 7) is 2.83. The Morgan fingerprint density at radius 2 is 1.67 bits per heavy atom. The van der Waals surface area contributed by atoms with Crippen LogP contribution in [0.25, 0.3) is 21.9 Å². The molecule has 0 radical (unpaired) electrons. The Bertz CT molecular complexity index is 902. The molecule has 24 heavy (non-hydrogen) atoms. The Balaban J connectivity index is 1.92. The van der Waals surface area contributed by atoms with Crippen molar-refractivity contribution in [3.05, 3.63) is 71.8 Å². The molecule has 0 fully saturated rings. The normalized spacial score (nSPS) is 14.8. The maximum absolute atomic E-state index is 5.53. The van der Waals surface area contributed by atoms with Gasteiger partial charge in [-0.25, -0.2) is 0 Å². The van der Waals surface area contributed by atoms with Crippen LogP contribution in [0, 0.1) is 12.3 Å². The maximum atomic E-state index is 5.53. The minimum atomic E-state index is 0.744. The molecule has 0 saturated heterocycles. The van der Waals surface area contributed by atoms with Crippen LogP contribution in [0.15, 0.2) is 60.7 Å². The van der Waals surface area contributed by atoms with Crippen LogP contribution in [-0.2, 0) is 12.8 Å². The zero-order valence-electron chi connectivity index (χ0n) is 13.8. The predicted molar refractivity (Wildman–Crippen MR) is 102 cm³/mol. The van der Waals surface area contributed by atoms with Crippen molar-refractivity contribution in [1.29, 1.82) is 0 Å². The Labute approximate surface area is 143 Å². The number of fused-ring (bicyclic) bond motifs is 2. The van der Waals surface area contributed by atoms with Gasteiger partial charge in [0.05, 0.1) is 6.54 Å². The number of hydrogen-bond acceptors (Lipinski definition) is 1. The Hall–Kier alpha value is -2.56. The molecule has 1 nitrogen and oxygen atoms in total. The Morgan fingerprint density at radius 1 is 0.917 bits per heavy atom. The van der Waals surface area contributed by atoms with Crippen molar-refractivity contribution in [2.75, 3.05) is 19.6 Å². The van der Waals surface area contributed by atoms with Crippen LogP contribution >= 0.6 is 0 Å². The molecular weight excluding hydrogens is 290 g/mol. The predicted octanol–water partition coefficient (Wildman–Crippen LogP) is 4.54. The van der Waals surface area contributed by atoms with Crippen molar-refractivity contribution in [2.45, 2.75) is 12.8 Å². The van der Waals surface area contributed by atoms with Gasteiger partial charge in [-0.1, -0.05) is 66.6 Å². The second-order valence-corrected chi connectivity index (χ2v) is 6.46. The molecule has 0 unspecified atom stereocenters. The van der Waals surface area contributed by atoms with Crippen molar-refractivity contribution in [3.63, 3.8) is 0 Å². The van der Waals surface area contributed by atoms with Gasteiger partial charge in [-0.05, 0) is 45.9 Å². The number of terminal acetylenes is 1. The highest BCUT2D eigenvalue weighted by molar-refractivity contribution is 5.99. The average Bonchev–Trinajstić information content (AvgIpc) is 2.83. The van der Waals surface area contributed by atoms with Gasteiger partial charge < -0.3 is 0 Å². The van der Waals surface area contributed by atoms with E-state index < -0.39 is 0 Å². The molecule has 0 saturated carbocycles. The molecule has 0 N–H and O–H groups in total. The smallest absolute Gasteiger partial charge is 0.0599 e. The minimum absolute atomic E-state index is 0.744. The van der Waals surface area contributed by atoms with Gasteiger partial charge in [-0.2, -0.15) is 0 Å². The van der Waals surface area contributed by atoms with E-state index in [1.54, 1.807) is 0 Å². The molecule has 1 heteroatoms. The molecule has 3 aromatic rings. The molecule has 3 aromatic carbocycles. The van der Waals surface area contributed by atoms with Gasteiger partial charge in [0.1, 0.15) is 0 Å². The third kappa shape index (κ3) is 2.70. The topological polar surface area (TPSA) is 3.24 Å². The van der Waals surface area contributed by atoms with Crippen LogP contribution in [0.1, 0.15) is 11.1 Å². The lowest BCUT2D eigenvalue weighted by molar-refractivity contribution is 0.323. The fraction of sp³-hybridized carbons (Fsp3) is 0.217. The van der Waals surface area contributed by atoms with Crippen molar-refractivity contribution in [3.8, 4) is 23.5 Å². The molecule has 4 rings (SSSR count). The molecule has 0 amide bonds. The number of hydrogen-bond donors (Lipinski definition) is 0. The fourth-order valence-electron chi connectivity index (χ4n) is 3.84. The molecule has 0 aromatic heterocycles. The quantitative estimate of drug-likeness (QED) is 0.628. The first-order valence-corrected chi connectivity index (χ1v) is 8.61. The first-order valence-electron chi connectivity index (χ1n) is 8.61. The van der Waals surface area contributed by atoms with Gasteiger partial charge in [-0.3, -0.25) is 4.90 Å². The SMILES string of the molecule is C#CCN1CCc2cc3ccccc3c(-c3ccccc3)c2CC1. The molecule has 0 bridgehead atoms. The zero-order chi connectivity index (χ0) is 16.4. The highest BCUT2D eigenvalue weighted by Gasteiger charge is 2.19. The van der Waals surface area contributed by atoms with E-state index in [2.05, 4.69) is 71.5 Å². The maximum Gasteiger partial charge on any atom is 0.0599 e. The van der Waals surface area contributed by atoms with E-state index in [9.17, 15) is 0 Å². The van der Waals surface area contributed by atoms with Crippen LogP contribution in [0.4, 0.5) is 0 Å². The number of benzene rings is 3. The highest BCUT2D eigenvalue weighted by atomic mass is 15.1. The van der Waals surface area contributed by atoms with E-state index in [1.807, 2.05) is 0 Å². The first kappa shape index (κ1) is 15.0. The first-order chi connectivity index (χ1) is 11.9. The van der Waals surface area contributed by atoms with Gasteiger partial charge in [0.15, 0.2) is 0 Å². The monoisotopic (exact) mass is 311 g/mol. The van der Waals surface area contributed by atoms with E-state index in [0.29, 0.717) is 0 Å². The van der Waals surface area contributed by atoms with Crippen LogP contribution < -0.4 is 0 Å². The van der Waals surface area contributed by atoms with Crippen molar-refractivity contribution >= 4 is 10.8 Å². The lowest BCUT2D eigenvalue weighted by Crippen LogP contribution is -2.26. The molecule has 1 aliphatic rings. The third-order valence-electron chi connectivity index (χ3n) is 5.00. The summed E-state index contributed by atoms with van der Waals surface area (Å²) in [6.07, 6.45) is 7.66. The van der Waals surface area contributed by atoms with E-state index >= 15 is 0 Å². The molecule has 0 aliphatic carbocycles. The summed E-state index contributed by atoms with van der Waals surface area (Å²) in [5, 5.41) is 2.69. The average molecular weight is 311 g/mol. The van der Waals surface area contributed by atoms with Gasteiger partial charge >= 0.3 is 0 Å². The summed E-state index contributed by atoms with van der Waals surface area (Å²) >= 11 is 0. The van der Waals surface area contributed by atoms with E-state index in [1.165, 1.54) is 33.0 Å². The summed E-state index contributed by atoms with van der Waals surface area (Å²) in [5.74, 6) is 2.80. The van der Waals surface area contributed by atoms with Gasteiger partial charge in [0.2, 0.25) is 0 Å².